The van der Waals surface area contributed by atoms with E-state index in [-0.39, 0.29) is 11.5 Å². The highest BCUT2D eigenvalue weighted by Gasteiger charge is 2.29. The van der Waals surface area contributed by atoms with Gasteiger partial charge < -0.3 is 9.64 Å². The second-order valence-corrected chi connectivity index (χ2v) is 7.65. The number of rotatable bonds is 4. The number of carbonyl (C=O) groups is 1. The minimum atomic E-state index is -0.620. The Bertz CT molecular complexity index is 1300. The molecule has 0 radical (unpaired) electrons. The number of carbonyl (C=O) groups excluding carboxylic acids is 1. The molecule has 4 aromatic rings. The second-order valence-electron chi connectivity index (χ2n) is 7.65. The number of H-pyrrole nitrogens is 1. The van der Waals surface area contributed by atoms with Gasteiger partial charge in [0.25, 0.3) is 11.5 Å². The molecule has 0 spiro atoms. The lowest BCUT2D eigenvalue weighted by Gasteiger charge is -2.30. The van der Waals surface area contributed by atoms with E-state index in [0.29, 0.717) is 42.2 Å². The Morgan fingerprint density at radius 3 is 2.55 bits per heavy atom. The van der Waals surface area contributed by atoms with Crippen molar-refractivity contribution in [2.24, 2.45) is 0 Å². The predicted octanol–water partition coefficient (Wildman–Crippen LogP) is 3.04. The van der Waals surface area contributed by atoms with Crippen LogP contribution in [0.2, 0.25) is 0 Å². The Kier molecular flexibility index (Phi) is 4.78. The molecule has 31 heavy (non-hydrogen) atoms. The van der Waals surface area contributed by atoms with Crippen molar-refractivity contribution in [3.8, 4) is 17.0 Å². The molecule has 1 aliphatic rings. The van der Waals surface area contributed by atoms with Crippen LogP contribution in [0.1, 0.15) is 18.2 Å². The number of hydrogen-bond donors (Lipinski definition) is 1. The zero-order valence-corrected chi connectivity index (χ0v) is 17.1. The summed E-state index contributed by atoms with van der Waals surface area (Å²) in [5, 5.41) is 3.15. The number of aromatic nitrogens is 3. The summed E-state index contributed by atoms with van der Waals surface area (Å²) in [5.41, 5.74) is 3.54. The fourth-order valence-corrected chi connectivity index (χ4v) is 3.96. The Balaban J connectivity index is 1.41. The molecule has 0 aliphatic carbocycles. The molecule has 0 saturated carbocycles. The van der Waals surface area contributed by atoms with Crippen molar-refractivity contribution >= 4 is 11.6 Å². The lowest BCUT2D eigenvalue weighted by molar-refractivity contribution is -0.139. The smallest absolute Gasteiger partial charge is 0.276 e. The normalized spacial score (nSPS) is 14.3. The summed E-state index contributed by atoms with van der Waals surface area (Å²) < 4.78 is 7.27. The minimum Gasteiger partial charge on any atom is -0.481 e. The van der Waals surface area contributed by atoms with Gasteiger partial charge in [0.05, 0.1) is 17.9 Å². The molecule has 0 saturated heterocycles. The highest BCUT2D eigenvalue weighted by Crippen LogP contribution is 2.21. The summed E-state index contributed by atoms with van der Waals surface area (Å²) in [6.07, 6.45) is -0.154. The third kappa shape index (κ3) is 3.59. The number of fused-ring (bicyclic) bond motifs is 2. The number of para-hydroxylation sites is 1. The van der Waals surface area contributed by atoms with Crippen LogP contribution in [-0.4, -0.2) is 38.1 Å². The molecule has 1 aliphatic heterocycles. The SMILES string of the molecule is C[C@H](Oc1ccccc1)C(=O)N1CCc2c(nc3cc(-c4ccccc4)[nH]n3c2=O)C1. The molecule has 156 valence electrons. The summed E-state index contributed by atoms with van der Waals surface area (Å²) in [6, 6.07) is 20.9. The van der Waals surface area contributed by atoms with E-state index in [9.17, 15) is 9.59 Å². The van der Waals surface area contributed by atoms with Gasteiger partial charge in [-0.1, -0.05) is 48.5 Å². The first kappa shape index (κ1) is 19.1. The van der Waals surface area contributed by atoms with E-state index >= 15 is 0 Å². The number of aromatic amines is 1. The molecular weight excluding hydrogens is 392 g/mol. The van der Waals surface area contributed by atoms with Gasteiger partial charge in [-0.25, -0.2) is 9.50 Å². The van der Waals surface area contributed by atoms with Crippen LogP contribution in [0, 0.1) is 0 Å². The highest BCUT2D eigenvalue weighted by atomic mass is 16.5. The second kappa shape index (κ2) is 7.75. The number of nitrogens with zero attached hydrogens (tertiary/aromatic N) is 3. The van der Waals surface area contributed by atoms with Crippen molar-refractivity contribution in [1.82, 2.24) is 19.5 Å². The zero-order chi connectivity index (χ0) is 21.4. The lowest BCUT2D eigenvalue weighted by Crippen LogP contribution is -2.45. The Morgan fingerprint density at radius 2 is 1.81 bits per heavy atom. The van der Waals surface area contributed by atoms with Gasteiger partial charge >= 0.3 is 0 Å². The van der Waals surface area contributed by atoms with Gasteiger partial charge in [-0.2, -0.15) is 0 Å². The molecule has 0 unspecified atom stereocenters. The fraction of sp³-hybridized carbons (Fsp3) is 0.208. The minimum absolute atomic E-state index is 0.108. The number of benzene rings is 2. The van der Waals surface area contributed by atoms with E-state index in [4.69, 9.17) is 9.72 Å². The van der Waals surface area contributed by atoms with Crippen molar-refractivity contribution in [3.63, 3.8) is 0 Å². The molecule has 5 rings (SSSR count). The standard InChI is InChI=1S/C24H22N4O3/c1-16(31-18-10-6-3-7-11-18)23(29)27-13-12-19-21(15-27)25-22-14-20(26-28(22)24(19)30)17-8-4-2-5-9-17/h2-11,14,16,26H,12-13,15H2,1H3/t16-/m0/s1. The van der Waals surface area contributed by atoms with Crippen LogP contribution in [0.3, 0.4) is 0 Å². The largest absolute Gasteiger partial charge is 0.481 e. The lowest BCUT2D eigenvalue weighted by atomic mass is 10.1. The van der Waals surface area contributed by atoms with E-state index in [1.165, 1.54) is 4.52 Å². The van der Waals surface area contributed by atoms with Gasteiger partial charge in [0.1, 0.15) is 5.75 Å². The van der Waals surface area contributed by atoms with Gasteiger partial charge in [-0.3, -0.25) is 14.7 Å². The maximum Gasteiger partial charge on any atom is 0.276 e. The van der Waals surface area contributed by atoms with Crippen molar-refractivity contribution in [2.45, 2.75) is 26.0 Å². The zero-order valence-electron chi connectivity index (χ0n) is 17.1. The maximum atomic E-state index is 13.0. The summed E-state index contributed by atoms with van der Waals surface area (Å²) >= 11 is 0. The van der Waals surface area contributed by atoms with Gasteiger partial charge in [-0.05, 0) is 31.0 Å². The Labute approximate surface area is 178 Å². The van der Waals surface area contributed by atoms with Crippen LogP contribution in [0.4, 0.5) is 0 Å². The van der Waals surface area contributed by atoms with E-state index in [0.717, 1.165) is 11.3 Å². The van der Waals surface area contributed by atoms with Crippen LogP contribution in [0.15, 0.2) is 71.5 Å². The molecule has 2 aromatic heterocycles. The number of nitrogens with one attached hydrogen (secondary N) is 1. The highest BCUT2D eigenvalue weighted by molar-refractivity contribution is 5.81. The fourth-order valence-electron chi connectivity index (χ4n) is 3.96. The molecule has 3 heterocycles. The third-order valence-electron chi connectivity index (χ3n) is 5.57. The van der Waals surface area contributed by atoms with Crippen LogP contribution in [0.25, 0.3) is 16.9 Å². The molecule has 1 N–H and O–H groups in total. The quantitative estimate of drug-likeness (QED) is 0.557. The van der Waals surface area contributed by atoms with Crippen LogP contribution in [0.5, 0.6) is 5.75 Å². The molecular formula is C24H22N4O3. The first-order chi connectivity index (χ1) is 15.1. The summed E-state index contributed by atoms with van der Waals surface area (Å²) in [4.78, 5) is 32.4. The van der Waals surface area contributed by atoms with E-state index < -0.39 is 6.10 Å². The molecule has 1 amide bonds. The van der Waals surface area contributed by atoms with Crippen molar-refractivity contribution < 1.29 is 9.53 Å². The van der Waals surface area contributed by atoms with Gasteiger partial charge in [0.2, 0.25) is 0 Å². The Morgan fingerprint density at radius 1 is 1.10 bits per heavy atom. The molecule has 7 heteroatoms. The molecule has 7 nitrogen and oxygen atoms in total. The summed E-state index contributed by atoms with van der Waals surface area (Å²) in [6.45, 7) is 2.51. The molecule has 2 aromatic carbocycles. The van der Waals surface area contributed by atoms with Crippen molar-refractivity contribution in [2.75, 3.05) is 6.54 Å². The number of amides is 1. The topological polar surface area (TPSA) is 79.7 Å². The molecule has 0 bridgehead atoms. The number of ether oxygens (including phenoxy) is 1. The Hall–Kier alpha value is -3.87. The summed E-state index contributed by atoms with van der Waals surface area (Å²) in [5.74, 6) is 0.537. The number of hydrogen-bond acceptors (Lipinski definition) is 4. The van der Waals surface area contributed by atoms with Gasteiger partial charge in [0.15, 0.2) is 11.8 Å². The van der Waals surface area contributed by atoms with Crippen LogP contribution < -0.4 is 10.3 Å². The molecule has 0 fully saturated rings. The van der Waals surface area contributed by atoms with Crippen LogP contribution in [-0.2, 0) is 17.8 Å². The predicted molar refractivity (Wildman–Crippen MR) is 117 cm³/mol. The van der Waals surface area contributed by atoms with Crippen molar-refractivity contribution in [3.05, 3.63) is 88.3 Å². The maximum absolute atomic E-state index is 13.0. The van der Waals surface area contributed by atoms with Crippen molar-refractivity contribution in [1.29, 1.82) is 0 Å². The van der Waals surface area contributed by atoms with E-state index in [1.807, 2.05) is 66.7 Å². The monoisotopic (exact) mass is 414 g/mol. The van der Waals surface area contributed by atoms with Crippen LogP contribution >= 0.6 is 0 Å². The first-order valence-electron chi connectivity index (χ1n) is 10.3. The van der Waals surface area contributed by atoms with Gasteiger partial charge in [0, 0.05) is 18.2 Å². The summed E-state index contributed by atoms with van der Waals surface area (Å²) in [7, 11) is 0. The average molecular weight is 414 g/mol. The average Bonchev–Trinajstić information content (AvgIpc) is 3.24. The molecule has 1 atom stereocenters. The van der Waals surface area contributed by atoms with E-state index in [1.54, 1.807) is 11.8 Å². The first-order valence-corrected chi connectivity index (χ1v) is 10.3. The van der Waals surface area contributed by atoms with Gasteiger partial charge in [-0.15, -0.1) is 0 Å². The van der Waals surface area contributed by atoms with E-state index in [2.05, 4.69) is 5.10 Å². The third-order valence-corrected chi connectivity index (χ3v) is 5.57.